The Bertz CT molecular complexity index is 428. The van der Waals surface area contributed by atoms with Gasteiger partial charge >= 0.3 is 0 Å². The summed E-state index contributed by atoms with van der Waals surface area (Å²) >= 11 is 6.01. The summed E-state index contributed by atoms with van der Waals surface area (Å²) in [5, 5.41) is 13.8. The van der Waals surface area contributed by atoms with Crippen molar-refractivity contribution in [3.63, 3.8) is 0 Å². The first-order valence-corrected chi connectivity index (χ1v) is 7.41. The van der Waals surface area contributed by atoms with Crippen LogP contribution in [0.5, 0.6) is 5.75 Å². The van der Waals surface area contributed by atoms with Crippen LogP contribution in [0.2, 0.25) is 5.02 Å². The molecule has 2 N–H and O–H groups in total. The van der Waals surface area contributed by atoms with Gasteiger partial charge in [-0.25, -0.2) is 0 Å². The number of nitrogens with one attached hydrogen (secondary N) is 1. The normalized spacial score (nSPS) is 19.9. The Labute approximate surface area is 125 Å². The van der Waals surface area contributed by atoms with Crippen molar-refractivity contribution in [3.05, 3.63) is 28.8 Å². The third-order valence-corrected chi connectivity index (χ3v) is 3.71. The monoisotopic (exact) mass is 299 g/mol. The highest BCUT2D eigenvalue weighted by Crippen LogP contribution is 2.33. The second-order valence-corrected chi connectivity index (χ2v) is 5.51. The lowest BCUT2D eigenvalue weighted by Gasteiger charge is -2.19. The zero-order chi connectivity index (χ0) is 14.4. The molecule has 0 bridgehead atoms. The summed E-state index contributed by atoms with van der Waals surface area (Å²) < 4.78 is 10.7. The van der Waals surface area contributed by atoms with E-state index in [4.69, 9.17) is 21.1 Å². The number of halogens is 1. The van der Waals surface area contributed by atoms with Crippen LogP contribution in [0.15, 0.2) is 18.2 Å². The van der Waals surface area contributed by atoms with Crippen molar-refractivity contribution < 1.29 is 14.6 Å². The molecule has 2 atom stereocenters. The molecule has 0 radical (unpaired) electrons. The molecule has 0 aromatic heterocycles. The molecule has 0 aliphatic carbocycles. The van der Waals surface area contributed by atoms with Crippen molar-refractivity contribution in [2.75, 3.05) is 26.9 Å². The third kappa shape index (κ3) is 4.35. The van der Waals surface area contributed by atoms with Crippen LogP contribution < -0.4 is 10.1 Å². The molecular formula is C15H22ClNO3. The second kappa shape index (κ2) is 7.84. The molecule has 0 spiro atoms. The molecule has 2 unspecified atom stereocenters. The van der Waals surface area contributed by atoms with Crippen molar-refractivity contribution in [2.45, 2.75) is 31.4 Å². The fourth-order valence-electron chi connectivity index (χ4n) is 2.46. The number of hydrogen-bond donors (Lipinski definition) is 2. The molecule has 112 valence electrons. The number of fused-ring (bicyclic) bond motifs is 1. The van der Waals surface area contributed by atoms with E-state index in [9.17, 15) is 5.11 Å². The maximum atomic E-state index is 9.66. The van der Waals surface area contributed by atoms with E-state index in [0.717, 1.165) is 37.3 Å². The van der Waals surface area contributed by atoms with Crippen LogP contribution in [0.4, 0.5) is 0 Å². The van der Waals surface area contributed by atoms with Gasteiger partial charge in [0.25, 0.3) is 0 Å². The largest absolute Gasteiger partial charge is 0.493 e. The van der Waals surface area contributed by atoms with Crippen molar-refractivity contribution in [1.29, 1.82) is 0 Å². The maximum absolute atomic E-state index is 9.66. The predicted molar refractivity (Wildman–Crippen MR) is 79.4 cm³/mol. The summed E-state index contributed by atoms with van der Waals surface area (Å²) in [5.74, 6) is 0.866. The van der Waals surface area contributed by atoms with Gasteiger partial charge < -0.3 is 19.9 Å². The Morgan fingerprint density at radius 1 is 1.55 bits per heavy atom. The first-order chi connectivity index (χ1) is 9.70. The molecule has 0 saturated carbocycles. The van der Waals surface area contributed by atoms with Crippen LogP contribution in [-0.4, -0.2) is 38.1 Å². The van der Waals surface area contributed by atoms with Gasteiger partial charge in [0.05, 0.1) is 19.3 Å². The lowest BCUT2D eigenvalue weighted by Crippen LogP contribution is -2.26. The Balaban J connectivity index is 1.95. The predicted octanol–water partition coefficient (Wildman–Crippen LogP) is 2.54. The van der Waals surface area contributed by atoms with Gasteiger partial charge in [0.15, 0.2) is 0 Å². The van der Waals surface area contributed by atoms with E-state index in [0.29, 0.717) is 18.1 Å². The fourth-order valence-corrected chi connectivity index (χ4v) is 2.62. The van der Waals surface area contributed by atoms with Gasteiger partial charge in [-0.05, 0) is 37.9 Å². The van der Waals surface area contributed by atoms with Crippen LogP contribution >= 0.6 is 11.6 Å². The van der Waals surface area contributed by atoms with E-state index in [1.54, 1.807) is 7.11 Å². The Kier molecular flexibility index (Phi) is 6.10. The highest BCUT2D eigenvalue weighted by Gasteiger charge is 2.19. The molecule has 1 aromatic rings. The SMILES string of the molecule is COCC(O)CCNC1CCCOc2cc(Cl)ccc21. The van der Waals surface area contributed by atoms with E-state index in [2.05, 4.69) is 5.32 Å². The number of methoxy groups -OCH3 is 1. The molecule has 0 fully saturated rings. The minimum Gasteiger partial charge on any atom is -0.493 e. The Morgan fingerprint density at radius 2 is 2.40 bits per heavy atom. The summed E-state index contributed by atoms with van der Waals surface area (Å²) in [6.07, 6.45) is 2.28. The lowest BCUT2D eigenvalue weighted by molar-refractivity contribution is 0.0589. The molecular weight excluding hydrogens is 278 g/mol. The second-order valence-electron chi connectivity index (χ2n) is 5.08. The van der Waals surface area contributed by atoms with Gasteiger partial charge in [0.1, 0.15) is 5.75 Å². The summed E-state index contributed by atoms with van der Waals surface area (Å²) in [6, 6.07) is 6.03. The molecule has 20 heavy (non-hydrogen) atoms. The topological polar surface area (TPSA) is 50.7 Å². The quantitative estimate of drug-likeness (QED) is 0.847. The summed E-state index contributed by atoms with van der Waals surface area (Å²) in [4.78, 5) is 0. The molecule has 1 heterocycles. The minimum absolute atomic E-state index is 0.250. The smallest absolute Gasteiger partial charge is 0.125 e. The van der Waals surface area contributed by atoms with Gasteiger partial charge in [0.2, 0.25) is 0 Å². The summed E-state index contributed by atoms with van der Waals surface area (Å²) in [7, 11) is 1.60. The molecule has 0 saturated heterocycles. The average molecular weight is 300 g/mol. The molecule has 5 heteroatoms. The van der Waals surface area contributed by atoms with Crippen molar-refractivity contribution in [1.82, 2.24) is 5.32 Å². The van der Waals surface area contributed by atoms with Gasteiger partial charge in [-0.15, -0.1) is 0 Å². The van der Waals surface area contributed by atoms with Crippen molar-refractivity contribution in [3.8, 4) is 5.75 Å². The maximum Gasteiger partial charge on any atom is 0.125 e. The summed E-state index contributed by atoms with van der Waals surface area (Å²) in [5.41, 5.74) is 1.15. The van der Waals surface area contributed by atoms with Crippen molar-refractivity contribution in [2.24, 2.45) is 0 Å². The van der Waals surface area contributed by atoms with Crippen LogP contribution in [-0.2, 0) is 4.74 Å². The molecule has 0 amide bonds. The van der Waals surface area contributed by atoms with Crippen LogP contribution in [0.1, 0.15) is 30.9 Å². The first-order valence-electron chi connectivity index (χ1n) is 7.03. The van der Waals surface area contributed by atoms with E-state index < -0.39 is 6.10 Å². The number of hydrogen-bond acceptors (Lipinski definition) is 4. The minimum atomic E-state index is -0.417. The van der Waals surface area contributed by atoms with Crippen LogP contribution in [0.25, 0.3) is 0 Å². The van der Waals surface area contributed by atoms with E-state index in [1.807, 2.05) is 18.2 Å². The Morgan fingerprint density at radius 3 is 3.20 bits per heavy atom. The van der Waals surface area contributed by atoms with Crippen molar-refractivity contribution >= 4 is 11.6 Å². The van der Waals surface area contributed by atoms with Gasteiger partial charge in [-0.1, -0.05) is 17.7 Å². The Hall–Kier alpha value is -0.810. The van der Waals surface area contributed by atoms with E-state index in [1.165, 1.54) is 0 Å². The zero-order valence-electron chi connectivity index (χ0n) is 11.8. The van der Waals surface area contributed by atoms with Crippen LogP contribution in [0, 0.1) is 0 Å². The number of ether oxygens (including phenoxy) is 2. The van der Waals surface area contributed by atoms with E-state index >= 15 is 0 Å². The zero-order valence-corrected chi connectivity index (χ0v) is 12.5. The fraction of sp³-hybridized carbons (Fsp3) is 0.600. The highest BCUT2D eigenvalue weighted by molar-refractivity contribution is 6.30. The standard InChI is InChI=1S/C15H22ClNO3/c1-19-10-12(18)6-7-17-14-3-2-8-20-15-9-11(16)4-5-13(14)15/h4-5,9,12,14,17-18H,2-3,6-8,10H2,1H3. The van der Waals surface area contributed by atoms with Gasteiger partial charge in [0, 0.05) is 23.7 Å². The first kappa shape index (κ1) is 15.6. The molecule has 1 aliphatic rings. The molecule has 4 nitrogen and oxygen atoms in total. The number of rotatable bonds is 6. The van der Waals surface area contributed by atoms with Crippen LogP contribution in [0.3, 0.4) is 0 Å². The van der Waals surface area contributed by atoms with Gasteiger partial charge in [-0.3, -0.25) is 0 Å². The average Bonchev–Trinajstić information content (AvgIpc) is 2.61. The van der Waals surface area contributed by atoms with Gasteiger partial charge in [-0.2, -0.15) is 0 Å². The third-order valence-electron chi connectivity index (χ3n) is 3.47. The van der Waals surface area contributed by atoms with E-state index in [-0.39, 0.29) is 6.04 Å². The summed E-state index contributed by atoms with van der Waals surface area (Å²) in [6.45, 7) is 1.84. The number of aliphatic hydroxyl groups is 1. The molecule has 2 rings (SSSR count). The number of benzene rings is 1. The highest BCUT2D eigenvalue weighted by atomic mass is 35.5. The number of aliphatic hydroxyl groups excluding tert-OH is 1. The molecule has 1 aliphatic heterocycles. The molecule has 1 aromatic carbocycles. The lowest BCUT2D eigenvalue weighted by atomic mass is 10.0.